The van der Waals surface area contributed by atoms with Gasteiger partial charge in [-0.05, 0) is 26.2 Å². The third-order valence-corrected chi connectivity index (χ3v) is 4.44. The first-order valence-electron chi connectivity index (χ1n) is 7.04. The number of H-pyrrole nitrogens is 1. The highest BCUT2D eigenvalue weighted by atomic mass is 35.5. The molecule has 1 N–H and O–H groups in total. The molecule has 4 nitrogen and oxygen atoms in total. The predicted octanol–water partition coefficient (Wildman–Crippen LogP) is 2.82. The number of aromatic amines is 1. The van der Waals surface area contributed by atoms with Crippen LogP contribution in [0.3, 0.4) is 0 Å². The van der Waals surface area contributed by atoms with Gasteiger partial charge in [0.2, 0.25) is 0 Å². The molecule has 0 aromatic carbocycles. The molecule has 19 heavy (non-hydrogen) atoms. The number of nitrogens with zero attached hydrogens (tertiary/aromatic N) is 1. The van der Waals surface area contributed by atoms with Gasteiger partial charge in [0.1, 0.15) is 5.15 Å². The number of hydrogen-bond donors (Lipinski definition) is 1. The summed E-state index contributed by atoms with van der Waals surface area (Å²) in [5, 5.41) is 0.201. The summed E-state index contributed by atoms with van der Waals surface area (Å²) in [5.74, 6) is 0. The summed E-state index contributed by atoms with van der Waals surface area (Å²) in [5.41, 5.74) is -0.412. The SMILES string of the molecule is CCCc1c(Cl)[nH]c(=O)n(C2(C)CCCCC2)c1=O. The van der Waals surface area contributed by atoms with Crippen molar-refractivity contribution in [2.45, 2.75) is 64.3 Å². The molecule has 1 saturated carbocycles. The van der Waals surface area contributed by atoms with Crippen molar-refractivity contribution in [1.82, 2.24) is 9.55 Å². The fourth-order valence-corrected chi connectivity index (χ4v) is 3.30. The minimum absolute atomic E-state index is 0.201. The van der Waals surface area contributed by atoms with Gasteiger partial charge in [0.15, 0.2) is 0 Å². The third kappa shape index (κ3) is 2.64. The molecule has 1 fully saturated rings. The van der Waals surface area contributed by atoms with E-state index in [2.05, 4.69) is 4.98 Å². The Kier molecular flexibility index (Phi) is 4.19. The highest BCUT2D eigenvalue weighted by Gasteiger charge is 2.32. The minimum Gasteiger partial charge on any atom is -0.297 e. The fraction of sp³-hybridized carbons (Fsp3) is 0.714. The molecule has 0 radical (unpaired) electrons. The lowest BCUT2D eigenvalue weighted by molar-refractivity contribution is 0.204. The van der Waals surface area contributed by atoms with Crippen LogP contribution in [0, 0.1) is 0 Å². The van der Waals surface area contributed by atoms with E-state index in [9.17, 15) is 9.59 Å². The normalized spacial score (nSPS) is 18.5. The quantitative estimate of drug-likeness (QED) is 0.868. The average molecular weight is 285 g/mol. The molecule has 0 saturated heterocycles. The van der Waals surface area contributed by atoms with Gasteiger partial charge < -0.3 is 0 Å². The second-order valence-corrected chi connectivity index (χ2v) is 6.05. The summed E-state index contributed by atoms with van der Waals surface area (Å²) < 4.78 is 1.41. The van der Waals surface area contributed by atoms with E-state index in [-0.39, 0.29) is 21.9 Å². The molecule has 106 valence electrons. The van der Waals surface area contributed by atoms with Crippen LogP contribution in [0.4, 0.5) is 0 Å². The monoisotopic (exact) mass is 284 g/mol. The van der Waals surface area contributed by atoms with Crippen molar-refractivity contribution in [2.75, 3.05) is 0 Å². The maximum Gasteiger partial charge on any atom is 0.330 e. The maximum absolute atomic E-state index is 12.6. The Labute approximate surface area is 117 Å². The topological polar surface area (TPSA) is 54.9 Å². The Balaban J connectivity index is 2.60. The maximum atomic E-state index is 12.6. The van der Waals surface area contributed by atoms with E-state index >= 15 is 0 Å². The molecule has 0 amide bonds. The Bertz CT molecular complexity index is 568. The molecule has 2 rings (SSSR count). The van der Waals surface area contributed by atoms with Crippen LogP contribution >= 0.6 is 11.6 Å². The largest absolute Gasteiger partial charge is 0.330 e. The number of hydrogen-bond acceptors (Lipinski definition) is 2. The van der Waals surface area contributed by atoms with Gasteiger partial charge in [0, 0.05) is 5.54 Å². The summed E-state index contributed by atoms with van der Waals surface area (Å²) in [6.07, 6.45) is 6.49. The van der Waals surface area contributed by atoms with E-state index in [1.54, 1.807) is 0 Å². The standard InChI is InChI=1S/C14H21ClN2O2/c1-3-7-10-11(15)16-13(19)17(12(10)18)14(2)8-5-4-6-9-14/h3-9H2,1-2H3,(H,16,19). The van der Waals surface area contributed by atoms with E-state index in [1.807, 2.05) is 13.8 Å². The molecule has 0 unspecified atom stereocenters. The molecule has 1 heterocycles. The van der Waals surface area contributed by atoms with Crippen LogP contribution in [0.25, 0.3) is 0 Å². The Morgan fingerprint density at radius 3 is 2.47 bits per heavy atom. The van der Waals surface area contributed by atoms with Crippen molar-refractivity contribution in [2.24, 2.45) is 0 Å². The Morgan fingerprint density at radius 1 is 1.26 bits per heavy atom. The van der Waals surface area contributed by atoms with E-state index in [4.69, 9.17) is 11.6 Å². The third-order valence-electron chi connectivity index (χ3n) is 4.12. The molecule has 5 heteroatoms. The first-order valence-corrected chi connectivity index (χ1v) is 7.41. The van der Waals surface area contributed by atoms with Crippen LogP contribution in [0.5, 0.6) is 0 Å². The zero-order valence-corrected chi connectivity index (χ0v) is 12.3. The highest BCUT2D eigenvalue weighted by Crippen LogP contribution is 2.32. The molecule has 0 spiro atoms. The second-order valence-electron chi connectivity index (χ2n) is 5.67. The number of halogens is 1. The summed E-state index contributed by atoms with van der Waals surface area (Å²) >= 11 is 6.00. The summed E-state index contributed by atoms with van der Waals surface area (Å²) in [4.78, 5) is 27.3. The van der Waals surface area contributed by atoms with Gasteiger partial charge in [-0.25, -0.2) is 4.79 Å². The van der Waals surface area contributed by atoms with Crippen molar-refractivity contribution < 1.29 is 0 Å². The summed E-state index contributed by atoms with van der Waals surface area (Å²) in [6.45, 7) is 4.00. The van der Waals surface area contributed by atoms with Crippen molar-refractivity contribution in [3.05, 3.63) is 31.6 Å². The van der Waals surface area contributed by atoms with Gasteiger partial charge >= 0.3 is 5.69 Å². The van der Waals surface area contributed by atoms with Gasteiger partial charge in [-0.3, -0.25) is 14.3 Å². The molecule has 0 bridgehead atoms. The number of aromatic nitrogens is 2. The van der Waals surface area contributed by atoms with E-state index in [1.165, 1.54) is 11.0 Å². The van der Waals surface area contributed by atoms with Gasteiger partial charge in [0.25, 0.3) is 5.56 Å². The Morgan fingerprint density at radius 2 is 1.89 bits per heavy atom. The van der Waals surface area contributed by atoms with Crippen LogP contribution in [0.1, 0.15) is 57.9 Å². The van der Waals surface area contributed by atoms with Gasteiger partial charge in [-0.1, -0.05) is 44.2 Å². The van der Waals surface area contributed by atoms with Crippen molar-refractivity contribution in [3.8, 4) is 0 Å². The molecule has 1 aliphatic carbocycles. The van der Waals surface area contributed by atoms with E-state index < -0.39 is 0 Å². The van der Waals surface area contributed by atoms with E-state index in [0.29, 0.717) is 12.0 Å². The van der Waals surface area contributed by atoms with Crippen LogP contribution in [-0.2, 0) is 12.0 Å². The molecular weight excluding hydrogens is 264 g/mol. The van der Waals surface area contributed by atoms with Gasteiger partial charge in [-0.2, -0.15) is 0 Å². The molecule has 0 aliphatic heterocycles. The first kappa shape index (κ1) is 14.4. The molecule has 1 aromatic heterocycles. The first-order chi connectivity index (χ1) is 8.99. The lowest BCUT2D eigenvalue weighted by Crippen LogP contribution is -2.49. The van der Waals surface area contributed by atoms with E-state index in [0.717, 1.165) is 32.1 Å². The molecule has 1 aliphatic rings. The number of nitrogens with one attached hydrogen (secondary N) is 1. The molecule has 1 aromatic rings. The lowest BCUT2D eigenvalue weighted by atomic mass is 9.83. The smallest absolute Gasteiger partial charge is 0.297 e. The van der Waals surface area contributed by atoms with Crippen LogP contribution in [0.2, 0.25) is 5.15 Å². The number of rotatable bonds is 3. The van der Waals surface area contributed by atoms with Crippen molar-refractivity contribution in [3.63, 3.8) is 0 Å². The van der Waals surface area contributed by atoms with Crippen LogP contribution in [-0.4, -0.2) is 9.55 Å². The Hall–Kier alpha value is -1.03. The summed E-state index contributed by atoms with van der Waals surface area (Å²) in [6, 6.07) is 0. The second kappa shape index (κ2) is 5.53. The minimum atomic E-state index is -0.376. The van der Waals surface area contributed by atoms with Gasteiger partial charge in [-0.15, -0.1) is 0 Å². The van der Waals surface area contributed by atoms with Crippen LogP contribution < -0.4 is 11.2 Å². The van der Waals surface area contributed by atoms with Crippen LogP contribution in [0.15, 0.2) is 9.59 Å². The zero-order valence-electron chi connectivity index (χ0n) is 11.6. The van der Waals surface area contributed by atoms with Crippen molar-refractivity contribution in [1.29, 1.82) is 0 Å². The molecule has 0 atom stereocenters. The average Bonchev–Trinajstić information content (AvgIpc) is 2.34. The zero-order chi connectivity index (χ0) is 14.0. The predicted molar refractivity (Wildman–Crippen MR) is 77.1 cm³/mol. The highest BCUT2D eigenvalue weighted by molar-refractivity contribution is 6.30. The molecular formula is C14H21ClN2O2. The fourth-order valence-electron chi connectivity index (χ4n) is 3.04. The lowest BCUT2D eigenvalue weighted by Gasteiger charge is -2.34. The van der Waals surface area contributed by atoms with Gasteiger partial charge in [0.05, 0.1) is 5.56 Å². The summed E-state index contributed by atoms with van der Waals surface area (Å²) in [7, 11) is 0. The van der Waals surface area contributed by atoms with Crippen molar-refractivity contribution >= 4 is 11.6 Å².